The van der Waals surface area contributed by atoms with Crippen LogP contribution in [0, 0.1) is 25.6 Å². The van der Waals surface area contributed by atoms with Crippen molar-refractivity contribution in [1.29, 1.82) is 0 Å². The minimum Gasteiger partial charge on any atom is -0.481 e. The van der Waals surface area contributed by atoms with E-state index in [1.807, 2.05) is 0 Å². The molecule has 1 N–H and O–H groups in total. The molecule has 21 heavy (non-hydrogen) atoms. The molecular formula is C13H14N2O6. The highest BCUT2D eigenvalue weighted by Crippen LogP contribution is 2.43. The molecule has 0 amide bonds. The third-order valence-electron chi connectivity index (χ3n) is 4.02. The van der Waals surface area contributed by atoms with Gasteiger partial charge in [-0.3, -0.25) is 25.0 Å². The fourth-order valence-corrected chi connectivity index (χ4v) is 2.87. The van der Waals surface area contributed by atoms with Gasteiger partial charge in [-0.05, 0) is 25.3 Å². The number of non-ortho nitro benzene ring substituents is 1. The molecule has 0 atom stereocenters. The first kappa shape index (κ1) is 14.9. The molecule has 2 rings (SSSR count). The Kier molecular flexibility index (Phi) is 3.88. The van der Waals surface area contributed by atoms with E-state index < -0.39 is 26.9 Å². The zero-order valence-corrected chi connectivity index (χ0v) is 11.2. The van der Waals surface area contributed by atoms with Crippen LogP contribution in [0.4, 0.5) is 11.4 Å². The lowest BCUT2D eigenvalue weighted by Crippen LogP contribution is -2.30. The van der Waals surface area contributed by atoms with Crippen molar-refractivity contribution in [3.05, 3.63) is 44.0 Å². The molecule has 1 aliphatic carbocycles. The Labute approximate surface area is 119 Å². The van der Waals surface area contributed by atoms with Gasteiger partial charge < -0.3 is 5.11 Å². The van der Waals surface area contributed by atoms with Crippen molar-refractivity contribution in [2.24, 2.45) is 5.41 Å². The van der Waals surface area contributed by atoms with Gasteiger partial charge in [0.05, 0.1) is 21.3 Å². The van der Waals surface area contributed by atoms with Crippen molar-refractivity contribution < 1.29 is 19.7 Å². The Morgan fingerprint density at radius 1 is 1.19 bits per heavy atom. The van der Waals surface area contributed by atoms with Crippen LogP contribution in [-0.2, 0) is 11.2 Å². The Morgan fingerprint density at radius 2 is 1.81 bits per heavy atom. The van der Waals surface area contributed by atoms with E-state index in [0.717, 1.165) is 18.9 Å². The molecule has 8 heteroatoms. The molecule has 0 saturated heterocycles. The molecule has 1 saturated carbocycles. The van der Waals surface area contributed by atoms with Crippen LogP contribution < -0.4 is 0 Å². The number of aliphatic carboxylic acids is 1. The molecule has 1 aromatic rings. The van der Waals surface area contributed by atoms with Crippen molar-refractivity contribution in [3.63, 3.8) is 0 Å². The zero-order valence-electron chi connectivity index (χ0n) is 11.2. The molecule has 0 aromatic heterocycles. The second kappa shape index (κ2) is 5.47. The van der Waals surface area contributed by atoms with Crippen molar-refractivity contribution in [2.45, 2.75) is 32.1 Å². The number of nitro benzene ring substituents is 2. The van der Waals surface area contributed by atoms with E-state index in [-0.39, 0.29) is 17.7 Å². The predicted molar refractivity (Wildman–Crippen MR) is 72.0 cm³/mol. The number of rotatable bonds is 5. The molecular weight excluding hydrogens is 280 g/mol. The highest BCUT2D eigenvalue weighted by Gasteiger charge is 2.42. The second-order valence-electron chi connectivity index (χ2n) is 5.30. The van der Waals surface area contributed by atoms with Crippen LogP contribution in [0.15, 0.2) is 18.2 Å². The Morgan fingerprint density at radius 3 is 2.29 bits per heavy atom. The molecule has 1 fully saturated rings. The smallest absolute Gasteiger partial charge is 0.309 e. The SMILES string of the molecule is O=C(O)C1(Cc2ccc([N+](=O)[O-])cc2[N+](=O)[O-])CCCC1. The van der Waals surface area contributed by atoms with Gasteiger partial charge in [0.15, 0.2) is 0 Å². The van der Waals surface area contributed by atoms with Gasteiger partial charge in [-0.2, -0.15) is 0 Å². The van der Waals surface area contributed by atoms with E-state index in [9.17, 15) is 30.1 Å². The number of carboxylic acids is 1. The standard InChI is InChI=1S/C13H14N2O6/c16-12(17)13(5-1-2-6-13)8-9-3-4-10(14(18)19)7-11(9)15(20)21/h3-4,7H,1-2,5-6,8H2,(H,16,17). The number of carboxylic acid groups (broad SMARTS) is 1. The summed E-state index contributed by atoms with van der Waals surface area (Å²) < 4.78 is 0. The maximum absolute atomic E-state index is 11.5. The normalized spacial score (nSPS) is 16.6. The molecule has 0 heterocycles. The van der Waals surface area contributed by atoms with Gasteiger partial charge in [-0.1, -0.05) is 12.8 Å². The van der Waals surface area contributed by atoms with Crippen molar-refractivity contribution in [3.8, 4) is 0 Å². The summed E-state index contributed by atoms with van der Waals surface area (Å²) in [6, 6.07) is 3.35. The molecule has 8 nitrogen and oxygen atoms in total. The fourth-order valence-electron chi connectivity index (χ4n) is 2.87. The van der Waals surface area contributed by atoms with Crippen LogP contribution in [0.3, 0.4) is 0 Å². The Hall–Kier alpha value is -2.51. The highest BCUT2D eigenvalue weighted by atomic mass is 16.6. The largest absolute Gasteiger partial charge is 0.481 e. The lowest BCUT2D eigenvalue weighted by molar-refractivity contribution is -0.394. The number of nitrogens with zero attached hydrogens (tertiary/aromatic N) is 2. The van der Waals surface area contributed by atoms with Gasteiger partial charge in [-0.25, -0.2) is 0 Å². The number of carbonyl (C=O) groups is 1. The molecule has 1 aliphatic rings. The number of hydrogen-bond acceptors (Lipinski definition) is 5. The Bertz CT molecular complexity index is 607. The summed E-state index contributed by atoms with van der Waals surface area (Å²) in [4.78, 5) is 31.9. The second-order valence-corrected chi connectivity index (χ2v) is 5.30. The van der Waals surface area contributed by atoms with Crippen LogP contribution in [0.1, 0.15) is 31.2 Å². The first-order valence-corrected chi connectivity index (χ1v) is 6.51. The monoisotopic (exact) mass is 294 g/mol. The summed E-state index contributed by atoms with van der Waals surface area (Å²) in [6.45, 7) is 0. The molecule has 0 bridgehead atoms. The molecule has 0 aliphatic heterocycles. The summed E-state index contributed by atoms with van der Waals surface area (Å²) in [6.07, 6.45) is 2.50. The van der Waals surface area contributed by atoms with Crippen LogP contribution in [-0.4, -0.2) is 20.9 Å². The van der Waals surface area contributed by atoms with Crippen LogP contribution in [0.25, 0.3) is 0 Å². The van der Waals surface area contributed by atoms with E-state index in [2.05, 4.69) is 0 Å². The average Bonchev–Trinajstić information content (AvgIpc) is 2.88. The maximum atomic E-state index is 11.5. The average molecular weight is 294 g/mol. The van der Waals surface area contributed by atoms with Crippen molar-refractivity contribution in [1.82, 2.24) is 0 Å². The third-order valence-corrected chi connectivity index (χ3v) is 4.02. The zero-order chi connectivity index (χ0) is 15.6. The summed E-state index contributed by atoms with van der Waals surface area (Å²) in [5, 5.41) is 31.2. The predicted octanol–water partition coefficient (Wildman–Crippen LogP) is 2.69. The third kappa shape index (κ3) is 2.83. The first-order chi connectivity index (χ1) is 9.85. The lowest BCUT2D eigenvalue weighted by Gasteiger charge is -2.23. The number of hydrogen-bond donors (Lipinski definition) is 1. The minimum atomic E-state index is -0.999. The van der Waals surface area contributed by atoms with Crippen LogP contribution >= 0.6 is 0 Å². The molecule has 1 aromatic carbocycles. The van der Waals surface area contributed by atoms with E-state index in [1.165, 1.54) is 12.1 Å². The van der Waals surface area contributed by atoms with Crippen LogP contribution in [0.5, 0.6) is 0 Å². The van der Waals surface area contributed by atoms with E-state index in [0.29, 0.717) is 12.8 Å². The van der Waals surface area contributed by atoms with E-state index in [1.54, 1.807) is 0 Å². The highest BCUT2D eigenvalue weighted by molar-refractivity contribution is 5.76. The van der Waals surface area contributed by atoms with E-state index in [4.69, 9.17) is 0 Å². The summed E-state index contributed by atoms with van der Waals surface area (Å²) in [5.41, 5.74) is -1.53. The molecule has 0 radical (unpaired) electrons. The molecule has 0 spiro atoms. The fraction of sp³-hybridized carbons (Fsp3) is 0.462. The van der Waals surface area contributed by atoms with Gasteiger partial charge in [0.2, 0.25) is 0 Å². The van der Waals surface area contributed by atoms with Gasteiger partial charge in [0, 0.05) is 11.6 Å². The number of nitro groups is 2. The number of benzene rings is 1. The van der Waals surface area contributed by atoms with Crippen molar-refractivity contribution >= 4 is 17.3 Å². The molecule has 112 valence electrons. The lowest BCUT2D eigenvalue weighted by atomic mass is 9.79. The molecule has 0 unspecified atom stereocenters. The topological polar surface area (TPSA) is 124 Å². The minimum absolute atomic E-state index is 0.0244. The van der Waals surface area contributed by atoms with Crippen molar-refractivity contribution in [2.75, 3.05) is 0 Å². The summed E-state index contributed by atoms with van der Waals surface area (Å²) in [5.74, 6) is -0.965. The summed E-state index contributed by atoms with van der Waals surface area (Å²) in [7, 11) is 0. The van der Waals surface area contributed by atoms with Crippen LogP contribution in [0.2, 0.25) is 0 Å². The Balaban J connectivity index is 2.41. The quantitative estimate of drug-likeness (QED) is 0.657. The van der Waals surface area contributed by atoms with Gasteiger partial charge in [0.25, 0.3) is 11.4 Å². The van der Waals surface area contributed by atoms with E-state index >= 15 is 0 Å². The first-order valence-electron chi connectivity index (χ1n) is 6.51. The van der Waals surface area contributed by atoms with Gasteiger partial charge >= 0.3 is 5.97 Å². The van der Waals surface area contributed by atoms with Gasteiger partial charge in [-0.15, -0.1) is 0 Å². The summed E-state index contributed by atoms with van der Waals surface area (Å²) >= 11 is 0. The maximum Gasteiger partial charge on any atom is 0.309 e. The van der Waals surface area contributed by atoms with Gasteiger partial charge in [0.1, 0.15) is 0 Å².